The lowest BCUT2D eigenvalue weighted by Gasteiger charge is -1.82. The molecule has 8 heavy (non-hydrogen) atoms. The summed E-state index contributed by atoms with van der Waals surface area (Å²) in [4.78, 5) is 22.1. The summed E-state index contributed by atoms with van der Waals surface area (Å²) < 4.78 is 0. The molecule has 1 atom stereocenters. The first-order valence-corrected chi connectivity index (χ1v) is 1.46. The van der Waals surface area contributed by atoms with Crippen molar-refractivity contribution < 1.29 is 14.7 Å². The largest absolute Gasteiger partial charge is 0.302 e. The van der Waals surface area contributed by atoms with Gasteiger partial charge in [0, 0.05) is 6.92 Å². The second kappa shape index (κ2) is 4.46. The zero-order chi connectivity index (χ0) is 5.86. The van der Waals surface area contributed by atoms with Crippen molar-refractivity contribution in [1.29, 1.82) is 0 Å². The van der Waals surface area contributed by atoms with E-state index in [-0.39, 0.29) is 9.90 Å². The first-order valence-electron chi connectivity index (χ1n) is 1.46. The predicted octanol–water partition coefficient (Wildman–Crippen LogP) is -0.201. The number of nitrogens with zero attached hydrogens (tertiary/aromatic N) is 1. The average molecular weight is 139 g/mol. The lowest BCUT2D eigenvalue weighted by Crippen LogP contribution is -2.04. The minimum absolute atomic E-state index is 0. The third-order valence-electron chi connectivity index (χ3n) is 0.203. The highest BCUT2D eigenvalue weighted by Crippen LogP contribution is 1.72. The topological polar surface area (TPSA) is 69.4 Å². The minimum atomic E-state index is -1.15. The number of rotatable bonds is 1. The van der Waals surface area contributed by atoms with Crippen molar-refractivity contribution in [3.05, 3.63) is 10.1 Å². The molecular weight excluding hydrogens is 133 g/mol. The quantitative estimate of drug-likeness (QED) is 0.286. The van der Waals surface area contributed by atoms with Crippen molar-refractivity contribution in [1.82, 2.24) is 0 Å². The van der Waals surface area contributed by atoms with Gasteiger partial charge in [0.05, 0.1) is 0 Å². The van der Waals surface area contributed by atoms with Gasteiger partial charge in [0.2, 0.25) is 0 Å². The number of carbonyl (C=O) groups excluding carboxylic acids is 1. The van der Waals surface area contributed by atoms with Crippen LogP contribution >= 0.6 is 9.90 Å². The second-order valence-corrected chi connectivity index (χ2v) is 0.806. The van der Waals surface area contributed by atoms with Crippen LogP contribution in [0.3, 0.4) is 0 Å². The van der Waals surface area contributed by atoms with Crippen LogP contribution in [-0.4, -0.2) is 11.1 Å². The Labute approximate surface area is 48.7 Å². The van der Waals surface area contributed by atoms with Gasteiger partial charge >= 0.3 is 11.1 Å². The molecule has 0 aromatic carbocycles. The van der Waals surface area contributed by atoms with Crippen molar-refractivity contribution in [3.63, 3.8) is 0 Å². The zero-order valence-electron chi connectivity index (χ0n) is 4.29. The molecule has 5 nitrogen and oxygen atoms in total. The molecule has 0 fully saturated rings. The summed E-state index contributed by atoms with van der Waals surface area (Å²) in [6, 6.07) is 0. The Morgan fingerprint density at radius 2 is 2.12 bits per heavy atom. The molecule has 0 heterocycles. The van der Waals surface area contributed by atoms with Gasteiger partial charge < -0.3 is 0 Å². The Morgan fingerprint density at radius 1 is 1.75 bits per heavy atom. The van der Waals surface area contributed by atoms with E-state index in [4.69, 9.17) is 0 Å². The van der Waals surface area contributed by atoms with E-state index in [0.717, 1.165) is 6.92 Å². The first kappa shape index (κ1) is 10.3. The minimum Gasteiger partial charge on any atom is -0.269 e. The summed E-state index contributed by atoms with van der Waals surface area (Å²) >= 11 is 0. The molecule has 48 valence electrons. The third kappa shape index (κ3) is 9.00. The number of carbonyl (C=O) groups is 1. The Balaban J connectivity index is 0. The summed E-state index contributed by atoms with van der Waals surface area (Å²) in [5.41, 5.74) is 0. The van der Waals surface area contributed by atoms with Crippen molar-refractivity contribution >= 4 is 15.9 Å². The Morgan fingerprint density at radius 3 is 2.12 bits per heavy atom. The summed E-state index contributed by atoms with van der Waals surface area (Å²) in [6.45, 7) is 0.961. The molecule has 6 heteroatoms. The maximum Gasteiger partial charge on any atom is 0.302 e. The molecule has 0 aromatic heterocycles. The van der Waals surface area contributed by atoms with Gasteiger partial charge in [-0.3, -0.25) is 4.79 Å². The molecule has 0 bridgehead atoms. The van der Waals surface area contributed by atoms with Crippen LogP contribution in [-0.2, 0) is 9.63 Å². The van der Waals surface area contributed by atoms with E-state index in [0.29, 0.717) is 0 Å². The fraction of sp³-hybridized carbons (Fsp3) is 0.500. The molecule has 0 amide bonds. The SMILES string of the molecule is CC(=O)O[N+](=O)[O-].P. The van der Waals surface area contributed by atoms with Crippen LogP contribution in [0.5, 0.6) is 0 Å². The van der Waals surface area contributed by atoms with Crippen LogP contribution in [0, 0.1) is 10.1 Å². The van der Waals surface area contributed by atoms with Crippen LogP contribution in [0.25, 0.3) is 0 Å². The highest BCUT2D eigenvalue weighted by molar-refractivity contribution is 6.92. The van der Waals surface area contributed by atoms with E-state index in [9.17, 15) is 14.9 Å². The molecule has 0 N–H and O–H groups in total. The van der Waals surface area contributed by atoms with E-state index in [1.54, 1.807) is 0 Å². The Hall–Kier alpha value is -0.700. The molecule has 0 spiro atoms. The lowest BCUT2D eigenvalue weighted by molar-refractivity contribution is -0.729. The smallest absolute Gasteiger partial charge is 0.269 e. The van der Waals surface area contributed by atoms with Gasteiger partial charge in [0.15, 0.2) is 0 Å². The van der Waals surface area contributed by atoms with Crippen LogP contribution < -0.4 is 0 Å². The maximum absolute atomic E-state index is 9.59. The van der Waals surface area contributed by atoms with Crippen molar-refractivity contribution in [3.8, 4) is 0 Å². The average Bonchev–Trinajstić information content (AvgIpc) is 1.27. The first-order chi connectivity index (χ1) is 3.13. The van der Waals surface area contributed by atoms with E-state index in [2.05, 4.69) is 4.84 Å². The fourth-order valence-corrected chi connectivity index (χ4v) is 0.105. The molecule has 0 saturated carbocycles. The van der Waals surface area contributed by atoms with Gasteiger partial charge in [-0.1, -0.05) is 0 Å². The Kier molecular flexibility index (Phi) is 5.75. The molecule has 1 unspecified atom stereocenters. The number of hydrogen-bond acceptors (Lipinski definition) is 4. The summed E-state index contributed by atoms with van der Waals surface area (Å²) in [5, 5.41) is 8.02. The molecule has 0 rings (SSSR count). The molecule has 0 aromatic rings. The molecule has 0 radical (unpaired) electrons. The van der Waals surface area contributed by atoms with E-state index in [1.165, 1.54) is 0 Å². The van der Waals surface area contributed by atoms with Crippen molar-refractivity contribution in [2.45, 2.75) is 6.92 Å². The molecular formula is C2H6NO4P. The van der Waals surface area contributed by atoms with Gasteiger partial charge in [-0.25, -0.2) is 4.84 Å². The van der Waals surface area contributed by atoms with Gasteiger partial charge in [-0.15, -0.1) is 10.1 Å². The van der Waals surface area contributed by atoms with Gasteiger partial charge in [0.25, 0.3) is 0 Å². The van der Waals surface area contributed by atoms with Crippen LogP contribution in [0.4, 0.5) is 0 Å². The summed E-state index contributed by atoms with van der Waals surface area (Å²) in [6.07, 6.45) is 0. The molecule has 0 aliphatic rings. The van der Waals surface area contributed by atoms with Crippen molar-refractivity contribution in [2.75, 3.05) is 0 Å². The third-order valence-corrected chi connectivity index (χ3v) is 0.203. The Bertz CT molecular complexity index is 90.2. The standard InChI is InChI=1S/C2H3NO4.H3P/c1-2(4)7-3(5)6;/h1H3;1H3. The van der Waals surface area contributed by atoms with Crippen LogP contribution in [0.2, 0.25) is 0 Å². The summed E-state index contributed by atoms with van der Waals surface area (Å²) in [7, 11) is 0. The lowest BCUT2D eigenvalue weighted by atomic mass is 10.8. The van der Waals surface area contributed by atoms with Gasteiger partial charge in [-0.2, -0.15) is 9.90 Å². The van der Waals surface area contributed by atoms with Crippen LogP contribution in [0.15, 0.2) is 0 Å². The zero-order valence-corrected chi connectivity index (χ0v) is 5.70. The van der Waals surface area contributed by atoms with E-state index in [1.807, 2.05) is 0 Å². The molecule has 0 aliphatic heterocycles. The molecule has 0 aliphatic carbocycles. The summed E-state index contributed by atoms with van der Waals surface area (Å²) in [5.74, 6) is -0.912. The number of hydrogen-bond donors (Lipinski definition) is 0. The second-order valence-electron chi connectivity index (χ2n) is 0.806. The predicted molar refractivity (Wildman–Crippen MR) is 29.9 cm³/mol. The highest BCUT2D eigenvalue weighted by atomic mass is 31.0. The normalized spacial score (nSPS) is 6.62. The highest BCUT2D eigenvalue weighted by Gasteiger charge is 1.95. The van der Waals surface area contributed by atoms with Gasteiger partial charge in [0.1, 0.15) is 0 Å². The molecule has 0 saturated heterocycles. The monoisotopic (exact) mass is 139 g/mol. The van der Waals surface area contributed by atoms with Crippen LogP contribution in [0.1, 0.15) is 6.92 Å². The van der Waals surface area contributed by atoms with Crippen molar-refractivity contribution in [2.24, 2.45) is 0 Å². The van der Waals surface area contributed by atoms with E-state index >= 15 is 0 Å². The fourth-order valence-electron chi connectivity index (χ4n) is 0.105. The van der Waals surface area contributed by atoms with E-state index < -0.39 is 11.1 Å². The maximum atomic E-state index is 9.59. The van der Waals surface area contributed by atoms with Gasteiger partial charge in [-0.05, 0) is 0 Å².